The smallest absolute Gasteiger partial charge is 0.297 e. The predicted molar refractivity (Wildman–Crippen MR) is 93.2 cm³/mol. The third-order valence-corrected chi connectivity index (χ3v) is 5.10. The molecule has 1 aromatic carbocycles. The Morgan fingerprint density at radius 3 is 2.84 bits per heavy atom. The van der Waals surface area contributed by atoms with Crippen molar-refractivity contribution in [1.82, 2.24) is 19.2 Å². The van der Waals surface area contributed by atoms with Crippen LogP contribution in [0.3, 0.4) is 0 Å². The molecule has 0 radical (unpaired) electrons. The lowest BCUT2D eigenvalue weighted by Crippen LogP contribution is -2.25. The van der Waals surface area contributed by atoms with Gasteiger partial charge in [0.05, 0.1) is 6.54 Å². The molecule has 0 saturated carbocycles. The maximum Gasteiger partial charge on any atom is 0.297 e. The van der Waals surface area contributed by atoms with Crippen LogP contribution >= 0.6 is 15.9 Å². The molecule has 130 valence electrons. The average molecular weight is 407 g/mol. The SMILES string of the molecule is O=c1c2nnc(C3CCOCC3)n2cc(Br)n1Cc1cccc(F)c1. The lowest BCUT2D eigenvalue weighted by Gasteiger charge is -2.20. The Hall–Kier alpha value is -2.06. The van der Waals surface area contributed by atoms with Gasteiger partial charge in [0.15, 0.2) is 0 Å². The van der Waals surface area contributed by atoms with Gasteiger partial charge >= 0.3 is 0 Å². The van der Waals surface area contributed by atoms with Crippen LogP contribution in [0.1, 0.15) is 30.1 Å². The van der Waals surface area contributed by atoms with E-state index in [1.165, 1.54) is 16.7 Å². The second-order valence-corrected chi connectivity index (χ2v) is 6.92. The fourth-order valence-electron chi connectivity index (χ4n) is 3.17. The highest BCUT2D eigenvalue weighted by Crippen LogP contribution is 2.26. The third-order valence-electron chi connectivity index (χ3n) is 4.47. The number of halogens is 2. The maximum atomic E-state index is 13.4. The van der Waals surface area contributed by atoms with E-state index in [0.29, 0.717) is 23.4 Å². The fraction of sp³-hybridized carbons (Fsp3) is 0.353. The highest BCUT2D eigenvalue weighted by atomic mass is 79.9. The number of hydrogen-bond donors (Lipinski definition) is 0. The predicted octanol–water partition coefficient (Wildman–Crippen LogP) is 2.73. The second-order valence-electron chi connectivity index (χ2n) is 6.11. The number of ether oxygens (including phenoxy) is 1. The zero-order valence-electron chi connectivity index (χ0n) is 13.4. The molecule has 1 aliphatic heterocycles. The minimum absolute atomic E-state index is 0.231. The Bertz CT molecular complexity index is 978. The van der Waals surface area contributed by atoms with Crippen LogP contribution in [0.5, 0.6) is 0 Å². The first-order valence-corrected chi connectivity index (χ1v) is 8.89. The van der Waals surface area contributed by atoms with E-state index in [4.69, 9.17) is 4.74 Å². The number of benzene rings is 1. The lowest BCUT2D eigenvalue weighted by atomic mass is 10.00. The quantitative estimate of drug-likeness (QED) is 0.670. The Labute approximate surface area is 151 Å². The first-order valence-electron chi connectivity index (χ1n) is 8.09. The Kier molecular flexibility index (Phi) is 4.39. The maximum absolute atomic E-state index is 13.4. The summed E-state index contributed by atoms with van der Waals surface area (Å²) in [6.45, 7) is 1.64. The van der Waals surface area contributed by atoms with E-state index in [2.05, 4.69) is 26.1 Å². The summed E-state index contributed by atoms with van der Waals surface area (Å²) in [5.74, 6) is 0.690. The first-order chi connectivity index (χ1) is 12.1. The van der Waals surface area contributed by atoms with Gasteiger partial charge in [-0.15, -0.1) is 10.2 Å². The van der Waals surface area contributed by atoms with E-state index in [1.807, 2.05) is 0 Å². The van der Waals surface area contributed by atoms with E-state index in [9.17, 15) is 9.18 Å². The van der Waals surface area contributed by atoms with Crippen LogP contribution in [-0.4, -0.2) is 32.4 Å². The molecule has 0 bridgehead atoms. The van der Waals surface area contributed by atoms with Crippen LogP contribution < -0.4 is 5.56 Å². The van der Waals surface area contributed by atoms with Crippen molar-refractivity contribution in [2.24, 2.45) is 0 Å². The molecule has 3 heterocycles. The van der Waals surface area contributed by atoms with Crippen LogP contribution in [0.4, 0.5) is 4.39 Å². The van der Waals surface area contributed by atoms with Gasteiger partial charge in [-0.25, -0.2) is 4.39 Å². The molecule has 1 fully saturated rings. The standard InChI is InChI=1S/C17H16BrFN4O2/c18-14-10-23-15(12-4-6-25-7-5-12)20-21-16(23)17(24)22(14)9-11-2-1-3-13(19)8-11/h1-3,8,10,12H,4-7,9H2. The topological polar surface area (TPSA) is 61.4 Å². The summed E-state index contributed by atoms with van der Waals surface area (Å²) in [5.41, 5.74) is 0.724. The summed E-state index contributed by atoms with van der Waals surface area (Å²) in [4.78, 5) is 12.8. The zero-order chi connectivity index (χ0) is 17.4. The molecule has 0 unspecified atom stereocenters. The normalized spacial score (nSPS) is 15.8. The third kappa shape index (κ3) is 3.11. The highest BCUT2D eigenvalue weighted by Gasteiger charge is 2.23. The number of fused-ring (bicyclic) bond motifs is 1. The van der Waals surface area contributed by atoms with Crippen molar-refractivity contribution in [3.05, 3.63) is 62.6 Å². The summed E-state index contributed by atoms with van der Waals surface area (Å²) >= 11 is 3.46. The van der Waals surface area contributed by atoms with Crippen LogP contribution in [0.15, 0.2) is 39.9 Å². The average Bonchev–Trinajstić information content (AvgIpc) is 3.03. The van der Waals surface area contributed by atoms with Crippen LogP contribution in [0.2, 0.25) is 0 Å². The monoisotopic (exact) mass is 406 g/mol. The molecule has 6 nitrogen and oxygen atoms in total. The van der Waals surface area contributed by atoms with Gasteiger partial charge < -0.3 is 4.74 Å². The molecule has 0 amide bonds. The van der Waals surface area contributed by atoms with Gasteiger partial charge in [-0.3, -0.25) is 13.8 Å². The van der Waals surface area contributed by atoms with Crippen molar-refractivity contribution in [1.29, 1.82) is 0 Å². The van der Waals surface area contributed by atoms with Gasteiger partial charge in [-0.1, -0.05) is 12.1 Å². The number of aromatic nitrogens is 4. The number of rotatable bonds is 3. The van der Waals surface area contributed by atoms with E-state index < -0.39 is 0 Å². The van der Waals surface area contributed by atoms with Gasteiger partial charge in [0, 0.05) is 25.3 Å². The van der Waals surface area contributed by atoms with E-state index in [0.717, 1.165) is 18.7 Å². The Balaban J connectivity index is 1.76. The van der Waals surface area contributed by atoms with E-state index in [1.54, 1.807) is 22.7 Å². The first kappa shape index (κ1) is 16.4. The second kappa shape index (κ2) is 6.68. The summed E-state index contributed by atoms with van der Waals surface area (Å²) in [5, 5.41) is 8.34. The van der Waals surface area contributed by atoms with Crippen molar-refractivity contribution in [3.63, 3.8) is 0 Å². The summed E-state index contributed by atoms with van der Waals surface area (Å²) in [6.07, 6.45) is 3.54. The van der Waals surface area contributed by atoms with Crippen molar-refractivity contribution < 1.29 is 9.13 Å². The van der Waals surface area contributed by atoms with Crippen molar-refractivity contribution >= 4 is 21.6 Å². The largest absolute Gasteiger partial charge is 0.381 e. The zero-order valence-corrected chi connectivity index (χ0v) is 14.9. The van der Waals surface area contributed by atoms with Gasteiger partial charge in [-0.05, 0) is 46.5 Å². The molecule has 25 heavy (non-hydrogen) atoms. The van der Waals surface area contributed by atoms with Crippen LogP contribution in [0, 0.1) is 5.82 Å². The van der Waals surface area contributed by atoms with Gasteiger partial charge in [0.25, 0.3) is 5.56 Å². The van der Waals surface area contributed by atoms with Crippen molar-refractivity contribution in [2.45, 2.75) is 25.3 Å². The summed E-state index contributed by atoms with van der Waals surface area (Å²) in [7, 11) is 0. The fourth-order valence-corrected chi connectivity index (χ4v) is 3.66. The molecule has 1 saturated heterocycles. The van der Waals surface area contributed by atoms with Gasteiger partial charge in [0.2, 0.25) is 5.65 Å². The molecular weight excluding hydrogens is 391 g/mol. The summed E-state index contributed by atoms with van der Waals surface area (Å²) in [6, 6.07) is 6.20. The lowest BCUT2D eigenvalue weighted by molar-refractivity contribution is 0.0834. The molecular formula is C17H16BrFN4O2. The van der Waals surface area contributed by atoms with Crippen molar-refractivity contribution in [3.8, 4) is 0 Å². The van der Waals surface area contributed by atoms with Gasteiger partial charge in [0.1, 0.15) is 16.2 Å². The summed E-state index contributed by atoms with van der Waals surface area (Å²) < 4.78 is 22.7. The van der Waals surface area contributed by atoms with Crippen molar-refractivity contribution in [2.75, 3.05) is 13.2 Å². The van der Waals surface area contributed by atoms with E-state index in [-0.39, 0.29) is 29.5 Å². The molecule has 4 rings (SSSR count). The van der Waals surface area contributed by atoms with Gasteiger partial charge in [-0.2, -0.15) is 0 Å². The molecule has 0 spiro atoms. The molecule has 0 aliphatic carbocycles. The molecule has 2 aromatic heterocycles. The van der Waals surface area contributed by atoms with E-state index >= 15 is 0 Å². The van der Waals surface area contributed by atoms with Crippen LogP contribution in [-0.2, 0) is 11.3 Å². The van der Waals surface area contributed by atoms with Crippen LogP contribution in [0.25, 0.3) is 5.65 Å². The Morgan fingerprint density at radius 1 is 1.28 bits per heavy atom. The molecule has 0 N–H and O–H groups in total. The Morgan fingerprint density at radius 2 is 2.08 bits per heavy atom. The number of nitrogens with zero attached hydrogens (tertiary/aromatic N) is 4. The highest BCUT2D eigenvalue weighted by molar-refractivity contribution is 9.10. The molecule has 0 atom stereocenters. The molecule has 3 aromatic rings. The number of hydrogen-bond acceptors (Lipinski definition) is 4. The molecule has 1 aliphatic rings. The minimum atomic E-state index is -0.327. The minimum Gasteiger partial charge on any atom is -0.381 e. The molecule has 8 heteroatoms.